The van der Waals surface area contributed by atoms with E-state index in [-0.39, 0.29) is 5.97 Å². The smallest absolute Gasteiger partial charge is 0.485 e. The Morgan fingerprint density at radius 2 is 1.50 bits per heavy atom. The van der Waals surface area contributed by atoms with Gasteiger partial charge in [-0.1, -0.05) is 0 Å². The second kappa shape index (κ2) is 5.46. The Labute approximate surface area is 90.3 Å². The minimum atomic E-state index is -6.09. The summed E-state index contributed by atoms with van der Waals surface area (Å²) in [6.07, 6.45) is 0. The maximum Gasteiger partial charge on any atom is 0.485 e. The summed E-state index contributed by atoms with van der Waals surface area (Å²) in [7, 11) is -6.09. The summed E-state index contributed by atoms with van der Waals surface area (Å²) in [4.78, 5) is 14.8. The van der Waals surface area contributed by atoms with Crippen molar-refractivity contribution in [3.8, 4) is 0 Å². The summed E-state index contributed by atoms with van der Waals surface area (Å²) < 4.78 is 58.9. The normalized spacial score (nSPS) is 12.5. The molecule has 6 nitrogen and oxygen atoms in total. The van der Waals surface area contributed by atoms with Crippen LogP contribution in [-0.4, -0.2) is 24.4 Å². The molecule has 0 rings (SSSR count). The molecule has 0 aliphatic carbocycles. The molecule has 0 spiro atoms. The predicted molar refractivity (Wildman–Crippen MR) is 44.2 cm³/mol. The monoisotopic (exact) mass is 267 g/mol. The lowest BCUT2D eigenvalue weighted by Gasteiger charge is -2.10. The van der Waals surface area contributed by atoms with Crippen molar-refractivity contribution in [3.05, 3.63) is 0 Å². The van der Waals surface area contributed by atoms with Crippen molar-refractivity contribution in [2.24, 2.45) is 5.41 Å². The van der Waals surface area contributed by atoms with Crippen molar-refractivity contribution in [2.75, 3.05) is 0 Å². The van der Waals surface area contributed by atoms with Gasteiger partial charge >= 0.3 is 11.5 Å². The fourth-order valence-corrected chi connectivity index (χ4v) is 0.217. The zero-order valence-corrected chi connectivity index (χ0v) is 9.61. The zero-order valence-electron chi connectivity index (χ0n) is 8.79. The Kier molecular flexibility index (Phi) is 5.98. The number of halogens is 3. The molecule has 0 aromatic rings. The maximum atomic E-state index is 10.7. The Hall–Kier alpha value is -0.870. The third kappa shape index (κ3) is 7.43. The molecule has 0 saturated carbocycles. The van der Waals surface area contributed by atoms with Crippen molar-refractivity contribution in [2.45, 2.75) is 26.3 Å². The van der Waals surface area contributed by atoms with Crippen LogP contribution in [0.3, 0.4) is 0 Å². The van der Waals surface area contributed by atoms with Crippen molar-refractivity contribution in [1.82, 2.24) is 0 Å². The Morgan fingerprint density at radius 1 is 1.25 bits per heavy atom. The maximum absolute atomic E-state index is 10.7. The van der Waals surface area contributed by atoms with E-state index in [9.17, 15) is 18.0 Å². The van der Waals surface area contributed by atoms with Gasteiger partial charge in [0.15, 0.2) is 10.1 Å². The summed E-state index contributed by atoms with van der Waals surface area (Å²) in [5.74, 6) is 2.72. The van der Waals surface area contributed by atoms with Gasteiger partial charge in [0.1, 0.15) is 0 Å². The van der Waals surface area contributed by atoms with Gasteiger partial charge in [-0.25, -0.2) is 13.2 Å². The van der Waals surface area contributed by atoms with Crippen molar-refractivity contribution in [3.63, 3.8) is 0 Å². The zero-order chi connectivity index (χ0) is 13.8. The van der Waals surface area contributed by atoms with E-state index in [1.165, 1.54) is 0 Å². The minimum Gasteiger partial charge on any atom is -0.741 e. The van der Waals surface area contributed by atoms with Crippen LogP contribution in [0.5, 0.6) is 0 Å². The van der Waals surface area contributed by atoms with Gasteiger partial charge in [-0.15, -0.1) is 0 Å². The average molecular weight is 267 g/mol. The number of quaternary nitrogens is 1. The molecule has 0 unspecified atom stereocenters. The fourth-order valence-electron chi connectivity index (χ4n) is 0.217. The molecule has 0 bridgehead atoms. The molecule has 10 heteroatoms. The van der Waals surface area contributed by atoms with Gasteiger partial charge in [0.25, 0.3) is 0 Å². The minimum absolute atomic E-state index is 0.280. The molecule has 0 amide bonds. The van der Waals surface area contributed by atoms with E-state index in [1.807, 2.05) is 0 Å². The summed E-state index contributed by atoms with van der Waals surface area (Å²) >= 11 is 0. The molecule has 0 aliphatic rings. The molecule has 0 heterocycles. The third-order valence-electron chi connectivity index (χ3n) is 1.03. The first-order valence-corrected chi connectivity index (χ1v) is 5.13. The van der Waals surface area contributed by atoms with Crippen LogP contribution in [0, 0.1) is 5.41 Å². The Bertz CT molecular complexity index is 329. The van der Waals surface area contributed by atoms with Crippen LogP contribution < -0.4 is 5.90 Å². The Morgan fingerprint density at radius 3 is 1.50 bits per heavy atom. The first kappa shape index (κ1) is 17.5. The van der Waals surface area contributed by atoms with E-state index in [0.717, 1.165) is 0 Å². The molecule has 0 radical (unpaired) electrons. The topological polar surface area (TPSA) is 111 Å². The van der Waals surface area contributed by atoms with Crippen LogP contribution in [0.15, 0.2) is 0 Å². The molecular formula is C6H12F3NO5S. The largest absolute Gasteiger partial charge is 0.741 e. The summed E-state index contributed by atoms with van der Waals surface area (Å²) in [5.41, 5.74) is -6.06. The van der Waals surface area contributed by atoms with E-state index in [0.29, 0.717) is 0 Å². The second-order valence-corrected chi connectivity index (χ2v) is 4.95. The molecule has 0 aromatic carbocycles. The van der Waals surface area contributed by atoms with Crippen LogP contribution in [0.25, 0.3) is 0 Å². The van der Waals surface area contributed by atoms with Gasteiger partial charge in [-0.2, -0.15) is 19.1 Å². The van der Waals surface area contributed by atoms with Crippen molar-refractivity contribution in [1.29, 1.82) is 0 Å². The van der Waals surface area contributed by atoms with Gasteiger partial charge in [0, 0.05) is 0 Å². The molecule has 0 atom stereocenters. The number of carbonyl (C=O) groups excluding carboxylic acids is 1. The molecule has 0 saturated heterocycles. The molecule has 98 valence electrons. The lowest BCUT2D eigenvalue weighted by atomic mass is 9.98. The molecule has 3 N–H and O–H groups in total. The standard InChI is InChI=1S/C5H12NO2.CHF3O3S/c1-5(2,3)4(7)8-6;2-1(3,4)8(5,6)7/h1-3,6H3;(H,5,6,7)/q+1;/p-1. The number of rotatable bonds is 0. The van der Waals surface area contributed by atoms with Crippen LogP contribution in [0.4, 0.5) is 13.2 Å². The van der Waals surface area contributed by atoms with Gasteiger partial charge in [-0.3, -0.25) is 4.84 Å². The predicted octanol–water partition coefficient (Wildman–Crippen LogP) is -0.216. The highest BCUT2D eigenvalue weighted by Crippen LogP contribution is 2.20. The van der Waals surface area contributed by atoms with Gasteiger partial charge in [0.2, 0.25) is 0 Å². The summed E-state index contributed by atoms with van der Waals surface area (Å²) in [6.45, 7) is 5.33. The van der Waals surface area contributed by atoms with E-state index >= 15 is 0 Å². The van der Waals surface area contributed by atoms with E-state index in [4.69, 9.17) is 13.0 Å². The quantitative estimate of drug-likeness (QED) is 0.370. The SMILES string of the molecule is CC(C)(C)C(=O)O[NH3+].O=S(=O)([O-])C(F)(F)F. The molecule has 0 aromatic heterocycles. The highest BCUT2D eigenvalue weighted by molar-refractivity contribution is 7.86. The third-order valence-corrected chi connectivity index (χ3v) is 1.59. The summed E-state index contributed by atoms with van der Waals surface area (Å²) in [5, 5.41) is 0. The Balaban J connectivity index is 0. The average Bonchev–Trinajstić information content (AvgIpc) is 1.98. The van der Waals surface area contributed by atoms with Crippen LogP contribution in [0.1, 0.15) is 20.8 Å². The van der Waals surface area contributed by atoms with Crippen LogP contribution in [0.2, 0.25) is 0 Å². The lowest BCUT2D eigenvalue weighted by Crippen LogP contribution is -2.53. The lowest BCUT2D eigenvalue weighted by molar-refractivity contribution is -0.658. The first-order chi connectivity index (χ1) is 6.73. The number of alkyl halides is 3. The summed E-state index contributed by atoms with van der Waals surface area (Å²) in [6, 6.07) is 0. The number of hydrogen-bond donors (Lipinski definition) is 1. The van der Waals surface area contributed by atoms with E-state index in [2.05, 4.69) is 10.7 Å². The van der Waals surface area contributed by atoms with Crippen molar-refractivity contribution >= 4 is 16.1 Å². The van der Waals surface area contributed by atoms with E-state index in [1.54, 1.807) is 20.8 Å². The highest BCUT2D eigenvalue weighted by Gasteiger charge is 2.36. The molecular weight excluding hydrogens is 255 g/mol. The first-order valence-electron chi connectivity index (χ1n) is 3.72. The van der Waals surface area contributed by atoms with E-state index < -0.39 is 21.0 Å². The molecule has 0 fully saturated rings. The van der Waals surface area contributed by atoms with Gasteiger partial charge in [-0.05, 0) is 20.8 Å². The van der Waals surface area contributed by atoms with Crippen LogP contribution >= 0.6 is 0 Å². The number of hydrogen-bond acceptors (Lipinski definition) is 5. The second-order valence-electron chi connectivity index (χ2n) is 3.58. The fraction of sp³-hybridized carbons (Fsp3) is 0.833. The molecule has 16 heavy (non-hydrogen) atoms. The van der Waals surface area contributed by atoms with Crippen molar-refractivity contribution < 1.29 is 41.7 Å². The van der Waals surface area contributed by atoms with Crippen LogP contribution in [-0.2, 0) is 19.8 Å². The van der Waals surface area contributed by atoms with Gasteiger partial charge in [0.05, 0.1) is 5.41 Å². The number of carbonyl (C=O) groups is 1. The molecule has 0 aliphatic heterocycles. The van der Waals surface area contributed by atoms with Gasteiger partial charge < -0.3 is 4.55 Å². The highest BCUT2D eigenvalue weighted by atomic mass is 32.2.